The smallest absolute Gasteiger partial charge is 0.189 e. The van der Waals surface area contributed by atoms with E-state index in [1.54, 1.807) is 0 Å². The molecule has 1 aliphatic heterocycles. The lowest BCUT2D eigenvalue weighted by atomic mass is 10.1. The van der Waals surface area contributed by atoms with Crippen LogP contribution in [0.5, 0.6) is 0 Å². The Morgan fingerprint density at radius 2 is 2.31 bits per heavy atom. The van der Waals surface area contributed by atoms with Crippen LogP contribution in [0.15, 0.2) is 12.2 Å². The molecule has 0 aromatic heterocycles. The lowest BCUT2D eigenvalue weighted by Gasteiger charge is -2.12. The molecule has 0 aliphatic carbocycles. The zero-order valence-electron chi connectivity index (χ0n) is 8.88. The lowest BCUT2D eigenvalue weighted by Crippen LogP contribution is -2.16. The molecule has 1 saturated heterocycles. The van der Waals surface area contributed by atoms with E-state index in [-0.39, 0.29) is 5.79 Å². The molecule has 1 rings (SSSR count). The quantitative estimate of drug-likeness (QED) is 0.467. The standard InChI is InChI=1S/C11H20O2/c1-4-5-6-7-10(2)8-12-11(3)9-13-11/h4-5,10H,6-9H2,1-3H3/b5-4+. The Morgan fingerprint density at radius 3 is 2.85 bits per heavy atom. The molecule has 0 saturated carbocycles. The summed E-state index contributed by atoms with van der Waals surface area (Å²) in [6.45, 7) is 7.84. The van der Waals surface area contributed by atoms with Gasteiger partial charge in [0.05, 0.1) is 6.61 Å². The topological polar surface area (TPSA) is 21.8 Å². The first-order valence-corrected chi connectivity index (χ1v) is 5.05. The lowest BCUT2D eigenvalue weighted by molar-refractivity contribution is -0.0438. The largest absolute Gasteiger partial charge is 0.348 e. The van der Waals surface area contributed by atoms with Crippen LogP contribution in [-0.4, -0.2) is 19.0 Å². The van der Waals surface area contributed by atoms with Crippen molar-refractivity contribution in [2.45, 2.75) is 39.4 Å². The van der Waals surface area contributed by atoms with Crippen molar-refractivity contribution >= 4 is 0 Å². The molecule has 1 aliphatic rings. The molecule has 76 valence electrons. The van der Waals surface area contributed by atoms with E-state index < -0.39 is 0 Å². The van der Waals surface area contributed by atoms with E-state index in [1.165, 1.54) is 6.42 Å². The third-order valence-electron chi connectivity index (χ3n) is 2.29. The molecule has 0 N–H and O–H groups in total. The Hall–Kier alpha value is -0.340. The second kappa shape index (κ2) is 4.77. The molecule has 0 spiro atoms. The van der Waals surface area contributed by atoms with Gasteiger partial charge >= 0.3 is 0 Å². The number of epoxide rings is 1. The Bertz CT molecular complexity index is 171. The Morgan fingerprint density at radius 1 is 1.62 bits per heavy atom. The van der Waals surface area contributed by atoms with Gasteiger partial charge in [-0.05, 0) is 32.6 Å². The predicted octanol–water partition coefficient (Wildman–Crippen LogP) is 2.74. The van der Waals surface area contributed by atoms with E-state index in [1.807, 2.05) is 6.92 Å². The number of allylic oxidation sites excluding steroid dienone is 2. The molecular formula is C11H20O2. The molecule has 1 fully saturated rings. The van der Waals surface area contributed by atoms with Crippen LogP contribution >= 0.6 is 0 Å². The summed E-state index contributed by atoms with van der Waals surface area (Å²) >= 11 is 0. The molecule has 0 amide bonds. The predicted molar refractivity (Wildman–Crippen MR) is 53.5 cm³/mol. The third kappa shape index (κ3) is 4.44. The fraction of sp³-hybridized carbons (Fsp3) is 0.818. The van der Waals surface area contributed by atoms with Gasteiger partial charge in [-0.3, -0.25) is 0 Å². The van der Waals surface area contributed by atoms with Gasteiger partial charge in [-0.25, -0.2) is 0 Å². The minimum Gasteiger partial charge on any atom is -0.348 e. The van der Waals surface area contributed by atoms with Crippen LogP contribution in [0.2, 0.25) is 0 Å². The van der Waals surface area contributed by atoms with Crippen LogP contribution < -0.4 is 0 Å². The van der Waals surface area contributed by atoms with Gasteiger partial charge in [-0.15, -0.1) is 0 Å². The van der Waals surface area contributed by atoms with E-state index in [9.17, 15) is 0 Å². The highest BCUT2D eigenvalue weighted by Crippen LogP contribution is 2.28. The normalized spacial score (nSPS) is 29.5. The molecule has 0 radical (unpaired) electrons. The molecule has 1 heterocycles. The molecule has 13 heavy (non-hydrogen) atoms. The number of ether oxygens (including phenoxy) is 2. The van der Waals surface area contributed by atoms with Gasteiger partial charge in [0, 0.05) is 0 Å². The summed E-state index contributed by atoms with van der Waals surface area (Å²) in [6, 6.07) is 0. The van der Waals surface area contributed by atoms with E-state index in [4.69, 9.17) is 9.47 Å². The molecule has 2 heteroatoms. The Kier molecular flexibility index (Phi) is 3.94. The molecule has 2 atom stereocenters. The first-order valence-electron chi connectivity index (χ1n) is 5.05. The van der Waals surface area contributed by atoms with Gasteiger partial charge in [0.1, 0.15) is 6.61 Å². The summed E-state index contributed by atoms with van der Waals surface area (Å²) in [5.74, 6) is 0.381. The summed E-state index contributed by atoms with van der Waals surface area (Å²) in [6.07, 6.45) is 6.64. The van der Waals surface area contributed by atoms with Crippen LogP contribution in [0, 0.1) is 5.92 Å². The summed E-state index contributed by atoms with van der Waals surface area (Å²) in [5.41, 5.74) is 0. The average Bonchev–Trinajstić information content (AvgIpc) is 2.82. The molecule has 2 nitrogen and oxygen atoms in total. The second-order valence-corrected chi connectivity index (χ2v) is 3.99. The highest BCUT2D eigenvalue weighted by molar-refractivity contribution is 4.78. The highest BCUT2D eigenvalue weighted by Gasteiger charge is 2.40. The van der Waals surface area contributed by atoms with Crippen LogP contribution in [0.3, 0.4) is 0 Å². The third-order valence-corrected chi connectivity index (χ3v) is 2.29. The molecule has 0 aromatic rings. The van der Waals surface area contributed by atoms with Crippen molar-refractivity contribution in [3.8, 4) is 0 Å². The van der Waals surface area contributed by atoms with Gasteiger partial charge in [-0.1, -0.05) is 19.1 Å². The zero-order valence-corrected chi connectivity index (χ0v) is 8.88. The van der Waals surface area contributed by atoms with Crippen LogP contribution in [0.25, 0.3) is 0 Å². The molecule has 0 aromatic carbocycles. The minimum absolute atomic E-state index is 0.241. The van der Waals surface area contributed by atoms with E-state index in [0.29, 0.717) is 5.92 Å². The van der Waals surface area contributed by atoms with Gasteiger partial charge in [0.2, 0.25) is 0 Å². The van der Waals surface area contributed by atoms with Crippen LogP contribution in [-0.2, 0) is 9.47 Å². The summed E-state index contributed by atoms with van der Waals surface area (Å²) < 4.78 is 10.7. The van der Waals surface area contributed by atoms with Gasteiger partial charge < -0.3 is 9.47 Å². The number of rotatable bonds is 6. The van der Waals surface area contributed by atoms with Crippen molar-refractivity contribution in [2.75, 3.05) is 13.2 Å². The highest BCUT2D eigenvalue weighted by atomic mass is 16.8. The van der Waals surface area contributed by atoms with Crippen molar-refractivity contribution in [2.24, 2.45) is 5.92 Å². The first-order chi connectivity index (χ1) is 6.16. The summed E-state index contributed by atoms with van der Waals surface area (Å²) in [7, 11) is 0. The maximum Gasteiger partial charge on any atom is 0.189 e. The summed E-state index contributed by atoms with van der Waals surface area (Å²) in [5, 5.41) is 0. The maximum absolute atomic E-state index is 5.59. The van der Waals surface area contributed by atoms with Crippen molar-refractivity contribution in [3.05, 3.63) is 12.2 Å². The fourth-order valence-corrected chi connectivity index (χ4v) is 1.13. The number of hydrogen-bond acceptors (Lipinski definition) is 2. The van der Waals surface area contributed by atoms with Gasteiger partial charge in [0.25, 0.3) is 0 Å². The maximum atomic E-state index is 5.59. The van der Waals surface area contributed by atoms with Crippen molar-refractivity contribution in [3.63, 3.8) is 0 Å². The molecule has 2 unspecified atom stereocenters. The average molecular weight is 184 g/mol. The molecule has 0 bridgehead atoms. The Labute approximate surface area is 80.9 Å². The van der Waals surface area contributed by atoms with E-state index in [0.717, 1.165) is 19.6 Å². The molecular weight excluding hydrogens is 164 g/mol. The second-order valence-electron chi connectivity index (χ2n) is 3.99. The van der Waals surface area contributed by atoms with Crippen molar-refractivity contribution in [1.29, 1.82) is 0 Å². The zero-order chi connectivity index (χ0) is 9.73. The van der Waals surface area contributed by atoms with Crippen molar-refractivity contribution in [1.82, 2.24) is 0 Å². The van der Waals surface area contributed by atoms with Crippen LogP contribution in [0.4, 0.5) is 0 Å². The van der Waals surface area contributed by atoms with E-state index >= 15 is 0 Å². The van der Waals surface area contributed by atoms with Gasteiger partial charge in [-0.2, -0.15) is 0 Å². The monoisotopic (exact) mass is 184 g/mol. The first kappa shape index (κ1) is 10.7. The van der Waals surface area contributed by atoms with E-state index in [2.05, 4.69) is 26.0 Å². The fourth-order valence-electron chi connectivity index (χ4n) is 1.13. The summed E-state index contributed by atoms with van der Waals surface area (Å²) in [4.78, 5) is 0. The SMILES string of the molecule is C/C=C/CCC(C)COC1(C)CO1. The van der Waals surface area contributed by atoms with Gasteiger partial charge in [0.15, 0.2) is 5.79 Å². The minimum atomic E-state index is -0.241. The van der Waals surface area contributed by atoms with Crippen LogP contribution in [0.1, 0.15) is 33.6 Å². The Balaban J connectivity index is 2.00. The van der Waals surface area contributed by atoms with Crippen molar-refractivity contribution < 1.29 is 9.47 Å². The number of hydrogen-bond donors (Lipinski definition) is 0.